The van der Waals surface area contributed by atoms with Crippen LogP contribution in [0.3, 0.4) is 0 Å². The molecule has 1 aromatic carbocycles. The van der Waals surface area contributed by atoms with Crippen molar-refractivity contribution < 1.29 is 4.42 Å². The summed E-state index contributed by atoms with van der Waals surface area (Å²) in [5.74, 6) is 0.815. The Labute approximate surface area is 142 Å². The quantitative estimate of drug-likeness (QED) is 0.585. The summed E-state index contributed by atoms with van der Waals surface area (Å²) in [6, 6.07) is 12.0. The van der Waals surface area contributed by atoms with Crippen LogP contribution in [0.15, 0.2) is 65.1 Å². The first kappa shape index (κ1) is 14.8. The van der Waals surface area contributed by atoms with Crippen LogP contribution in [0.1, 0.15) is 11.3 Å². The van der Waals surface area contributed by atoms with E-state index in [4.69, 9.17) is 4.42 Å². The van der Waals surface area contributed by atoms with Crippen molar-refractivity contribution in [3.05, 3.63) is 72.0 Å². The Morgan fingerprint density at radius 2 is 2.04 bits per heavy atom. The molecule has 24 heavy (non-hydrogen) atoms. The standard InChI is InChI=1S/C17H15N5OS/c1-2-16(23-7-1)17-21-14(10-24-17)9-18-8-13-3-5-15(6-4-13)22-12-19-11-20-22/h1-7,10-12,18H,8-9H2. The number of thiazole rings is 1. The number of nitrogens with one attached hydrogen (secondary N) is 1. The van der Waals surface area contributed by atoms with Gasteiger partial charge in [-0.15, -0.1) is 11.3 Å². The second-order valence-electron chi connectivity index (χ2n) is 5.23. The minimum atomic E-state index is 0.724. The molecule has 0 amide bonds. The van der Waals surface area contributed by atoms with Crippen LogP contribution in [-0.4, -0.2) is 19.7 Å². The molecule has 0 spiro atoms. The second kappa shape index (κ2) is 6.77. The molecule has 120 valence electrons. The highest BCUT2D eigenvalue weighted by Crippen LogP contribution is 2.23. The van der Waals surface area contributed by atoms with E-state index >= 15 is 0 Å². The van der Waals surface area contributed by atoms with E-state index in [0.717, 1.165) is 35.2 Å². The van der Waals surface area contributed by atoms with Crippen molar-refractivity contribution in [1.82, 2.24) is 25.1 Å². The number of rotatable bonds is 6. The topological polar surface area (TPSA) is 68.8 Å². The van der Waals surface area contributed by atoms with E-state index in [1.165, 1.54) is 11.9 Å². The van der Waals surface area contributed by atoms with Gasteiger partial charge < -0.3 is 9.73 Å². The zero-order valence-corrected chi connectivity index (χ0v) is 13.6. The van der Waals surface area contributed by atoms with Crippen molar-refractivity contribution in [2.24, 2.45) is 0 Å². The van der Waals surface area contributed by atoms with Gasteiger partial charge >= 0.3 is 0 Å². The fraction of sp³-hybridized carbons (Fsp3) is 0.118. The van der Waals surface area contributed by atoms with Gasteiger partial charge in [0.1, 0.15) is 12.7 Å². The molecule has 4 rings (SSSR count). The zero-order valence-electron chi connectivity index (χ0n) is 12.8. The lowest BCUT2D eigenvalue weighted by atomic mass is 10.2. The molecule has 3 aromatic heterocycles. The number of aromatic nitrogens is 4. The lowest BCUT2D eigenvalue weighted by Crippen LogP contribution is -2.12. The number of hydrogen-bond acceptors (Lipinski definition) is 6. The third-order valence-electron chi connectivity index (χ3n) is 3.54. The monoisotopic (exact) mass is 337 g/mol. The molecule has 0 atom stereocenters. The largest absolute Gasteiger partial charge is 0.462 e. The van der Waals surface area contributed by atoms with Gasteiger partial charge in [-0.25, -0.2) is 14.6 Å². The van der Waals surface area contributed by atoms with Crippen LogP contribution >= 0.6 is 11.3 Å². The summed E-state index contributed by atoms with van der Waals surface area (Å²) in [7, 11) is 0. The summed E-state index contributed by atoms with van der Waals surface area (Å²) < 4.78 is 7.10. The number of hydrogen-bond donors (Lipinski definition) is 1. The van der Waals surface area contributed by atoms with Crippen LogP contribution in [0.5, 0.6) is 0 Å². The Morgan fingerprint density at radius 3 is 2.79 bits per heavy atom. The summed E-state index contributed by atoms with van der Waals surface area (Å²) in [5.41, 5.74) is 3.23. The molecule has 0 saturated heterocycles. The predicted octanol–water partition coefficient (Wildman–Crippen LogP) is 3.27. The minimum absolute atomic E-state index is 0.724. The molecular weight excluding hydrogens is 322 g/mol. The first-order valence-electron chi connectivity index (χ1n) is 7.51. The van der Waals surface area contributed by atoms with Crippen molar-refractivity contribution in [3.8, 4) is 16.5 Å². The Kier molecular flexibility index (Phi) is 4.18. The Morgan fingerprint density at radius 1 is 1.12 bits per heavy atom. The molecule has 0 aliphatic rings. The van der Waals surface area contributed by atoms with Crippen molar-refractivity contribution in [2.45, 2.75) is 13.1 Å². The normalized spacial score (nSPS) is 11.0. The molecule has 0 aliphatic heterocycles. The van der Waals surface area contributed by atoms with Gasteiger partial charge in [0.2, 0.25) is 0 Å². The van der Waals surface area contributed by atoms with E-state index in [2.05, 4.69) is 37.9 Å². The van der Waals surface area contributed by atoms with Crippen molar-refractivity contribution in [2.75, 3.05) is 0 Å². The average molecular weight is 337 g/mol. The van der Waals surface area contributed by atoms with E-state index in [9.17, 15) is 0 Å². The van der Waals surface area contributed by atoms with Gasteiger partial charge in [0.25, 0.3) is 0 Å². The van der Waals surface area contributed by atoms with E-state index in [0.29, 0.717) is 0 Å². The maximum atomic E-state index is 5.36. The van der Waals surface area contributed by atoms with Gasteiger partial charge in [-0.1, -0.05) is 12.1 Å². The Bertz CT molecular complexity index is 882. The zero-order chi connectivity index (χ0) is 16.2. The molecule has 0 saturated carbocycles. The predicted molar refractivity (Wildman–Crippen MR) is 91.7 cm³/mol. The molecule has 3 heterocycles. The molecule has 6 nitrogen and oxygen atoms in total. The molecular formula is C17H15N5OS. The Hall–Kier alpha value is -2.77. The molecule has 0 aliphatic carbocycles. The highest BCUT2D eigenvalue weighted by molar-refractivity contribution is 7.13. The molecule has 0 fully saturated rings. The molecule has 0 radical (unpaired) electrons. The molecule has 7 heteroatoms. The SMILES string of the molecule is c1coc(-c2nc(CNCc3ccc(-n4cncn4)cc3)cs2)c1. The highest BCUT2D eigenvalue weighted by atomic mass is 32.1. The molecule has 0 bridgehead atoms. The summed E-state index contributed by atoms with van der Waals surface area (Å²) >= 11 is 1.59. The van der Waals surface area contributed by atoms with Crippen LogP contribution in [0, 0.1) is 0 Å². The summed E-state index contributed by atoms with van der Waals surface area (Å²) in [6.45, 7) is 1.51. The summed E-state index contributed by atoms with van der Waals surface area (Å²) in [4.78, 5) is 8.53. The van der Waals surface area contributed by atoms with E-state index in [1.807, 2.05) is 24.3 Å². The van der Waals surface area contributed by atoms with Gasteiger partial charge in [-0.2, -0.15) is 5.10 Å². The fourth-order valence-electron chi connectivity index (χ4n) is 2.34. The van der Waals surface area contributed by atoms with Crippen molar-refractivity contribution in [3.63, 3.8) is 0 Å². The van der Waals surface area contributed by atoms with Gasteiger partial charge in [0.15, 0.2) is 10.8 Å². The lowest BCUT2D eigenvalue weighted by molar-refractivity contribution is 0.581. The van der Waals surface area contributed by atoms with E-state index in [-0.39, 0.29) is 0 Å². The number of nitrogens with zero attached hydrogens (tertiary/aromatic N) is 4. The van der Waals surface area contributed by atoms with Crippen LogP contribution in [0.4, 0.5) is 0 Å². The smallest absolute Gasteiger partial charge is 0.162 e. The van der Waals surface area contributed by atoms with Crippen LogP contribution in [0.2, 0.25) is 0 Å². The first-order valence-corrected chi connectivity index (χ1v) is 8.39. The third kappa shape index (κ3) is 3.27. The fourth-order valence-corrected chi connectivity index (χ4v) is 3.13. The van der Waals surface area contributed by atoms with Crippen LogP contribution < -0.4 is 5.32 Å². The summed E-state index contributed by atoms with van der Waals surface area (Å²) in [5, 5.41) is 10.5. The van der Waals surface area contributed by atoms with Gasteiger partial charge in [0, 0.05) is 18.5 Å². The second-order valence-corrected chi connectivity index (χ2v) is 6.09. The van der Waals surface area contributed by atoms with Crippen LogP contribution in [-0.2, 0) is 13.1 Å². The molecule has 1 N–H and O–H groups in total. The minimum Gasteiger partial charge on any atom is -0.462 e. The first-order chi connectivity index (χ1) is 11.9. The van der Waals surface area contributed by atoms with E-state index in [1.54, 1.807) is 28.6 Å². The van der Waals surface area contributed by atoms with Crippen molar-refractivity contribution >= 4 is 11.3 Å². The van der Waals surface area contributed by atoms with Crippen molar-refractivity contribution in [1.29, 1.82) is 0 Å². The average Bonchev–Trinajstić information content (AvgIpc) is 3.37. The van der Waals surface area contributed by atoms with Gasteiger partial charge in [0.05, 0.1) is 17.6 Å². The molecule has 4 aromatic rings. The maximum Gasteiger partial charge on any atom is 0.162 e. The molecule has 0 unspecified atom stereocenters. The lowest BCUT2D eigenvalue weighted by Gasteiger charge is -2.05. The highest BCUT2D eigenvalue weighted by Gasteiger charge is 2.06. The van der Waals surface area contributed by atoms with Gasteiger partial charge in [-0.05, 0) is 29.8 Å². The van der Waals surface area contributed by atoms with Gasteiger partial charge in [-0.3, -0.25) is 0 Å². The Balaban J connectivity index is 1.33. The number of furan rings is 1. The summed E-state index contributed by atoms with van der Waals surface area (Å²) in [6.07, 6.45) is 4.88. The maximum absolute atomic E-state index is 5.36. The number of benzene rings is 1. The van der Waals surface area contributed by atoms with E-state index < -0.39 is 0 Å². The van der Waals surface area contributed by atoms with Crippen LogP contribution in [0.25, 0.3) is 16.5 Å². The third-order valence-corrected chi connectivity index (χ3v) is 4.44.